The van der Waals surface area contributed by atoms with Gasteiger partial charge in [0.1, 0.15) is 18.1 Å². The number of nitrogens with one attached hydrogen (secondary N) is 2. The minimum Gasteiger partial charge on any atom is -0.394 e. The Morgan fingerprint density at radius 2 is 1.90 bits per heavy atom. The van der Waals surface area contributed by atoms with Crippen molar-refractivity contribution in [1.29, 1.82) is 0 Å². The van der Waals surface area contributed by atoms with Crippen molar-refractivity contribution >= 4 is 22.8 Å². The summed E-state index contributed by atoms with van der Waals surface area (Å²) in [4.78, 5) is 13.3. The molecule has 4 rings (SSSR count). The van der Waals surface area contributed by atoms with Crippen LogP contribution in [0, 0.1) is 0 Å². The molecule has 11 heteroatoms. The molecule has 2 atom stereocenters. The van der Waals surface area contributed by atoms with E-state index in [1.165, 1.54) is 0 Å². The molecule has 0 aliphatic carbocycles. The molecule has 11 nitrogen and oxygen atoms in total. The zero-order valence-electron chi connectivity index (χ0n) is 16.9. The van der Waals surface area contributed by atoms with Crippen molar-refractivity contribution in [3.05, 3.63) is 54.7 Å². The Bertz CT molecular complexity index is 1140. The summed E-state index contributed by atoms with van der Waals surface area (Å²) in [6, 6.07) is 7.21. The second-order valence-electron chi connectivity index (χ2n) is 6.97. The quantitative estimate of drug-likeness (QED) is 0.245. The van der Waals surface area contributed by atoms with Gasteiger partial charge in [-0.25, -0.2) is 9.97 Å². The third kappa shape index (κ3) is 4.70. The molecule has 0 radical (unpaired) electrons. The molecular formula is C20H24N8O3. The summed E-state index contributed by atoms with van der Waals surface area (Å²) in [6.45, 7) is 2.49. The summed E-state index contributed by atoms with van der Waals surface area (Å²) in [6.07, 6.45) is 5.02. The maximum atomic E-state index is 10.2. The predicted octanol–water partition coefficient (Wildman–Crippen LogP) is 0.709. The van der Waals surface area contributed by atoms with E-state index < -0.39 is 12.3 Å². The summed E-state index contributed by atoms with van der Waals surface area (Å²) in [5, 5.41) is 38.6. The minimum atomic E-state index is -0.961. The van der Waals surface area contributed by atoms with Crippen LogP contribution in [0.25, 0.3) is 16.9 Å². The van der Waals surface area contributed by atoms with Crippen LogP contribution in [0.1, 0.15) is 18.7 Å². The highest BCUT2D eigenvalue weighted by atomic mass is 16.3. The second kappa shape index (κ2) is 9.18. The first-order valence-electron chi connectivity index (χ1n) is 9.87. The molecule has 1 aromatic carbocycles. The van der Waals surface area contributed by atoms with E-state index in [9.17, 15) is 10.2 Å². The molecule has 0 saturated heterocycles. The molecule has 5 N–H and O–H groups in total. The monoisotopic (exact) mass is 424 g/mol. The molecule has 0 bridgehead atoms. The normalized spacial score (nSPS) is 13.4. The highest BCUT2D eigenvalue weighted by Gasteiger charge is 2.12. The van der Waals surface area contributed by atoms with Crippen molar-refractivity contribution in [1.82, 2.24) is 34.6 Å². The largest absolute Gasteiger partial charge is 0.394 e. The first-order valence-corrected chi connectivity index (χ1v) is 9.87. The lowest BCUT2D eigenvalue weighted by atomic mass is 10.1. The fraction of sp³-hybridized carbons (Fsp3) is 0.300. The molecule has 0 saturated carbocycles. The van der Waals surface area contributed by atoms with Crippen molar-refractivity contribution in [3.8, 4) is 5.69 Å². The van der Waals surface area contributed by atoms with Crippen LogP contribution in [0.5, 0.6) is 0 Å². The third-order valence-electron chi connectivity index (χ3n) is 4.75. The van der Waals surface area contributed by atoms with E-state index in [1.54, 1.807) is 35.5 Å². The Balaban J connectivity index is 1.53. The maximum absolute atomic E-state index is 10.2. The van der Waals surface area contributed by atoms with Crippen LogP contribution in [0.4, 0.5) is 11.6 Å². The van der Waals surface area contributed by atoms with Gasteiger partial charge >= 0.3 is 0 Å². The number of nitrogens with zero attached hydrogens (tertiary/aromatic N) is 6. The lowest BCUT2D eigenvalue weighted by Gasteiger charge is -2.16. The maximum Gasteiger partial charge on any atom is 0.229 e. The van der Waals surface area contributed by atoms with E-state index in [4.69, 9.17) is 5.11 Å². The molecule has 3 heterocycles. The first kappa shape index (κ1) is 20.9. The summed E-state index contributed by atoms with van der Waals surface area (Å²) < 4.78 is 3.64. The van der Waals surface area contributed by atoms with Gasteiger partial charge < -0.3 is 20.6 Å². The molecule has 0 fully saturated rings. The van der Waals surface area contributed by atoms with Crippen molar-refractivity contribution in [2.24, 2.45) is 0 Å². The van der Waals surface area contributed by atoms with Gasteiger partial charge in [-0.05, 0) is 24.6 Å². The highest BCUT2D eigenvalue weighted by molar-refractivity contribution is 5.74. The van der Waals surface area contributed by atoms with Crippen LogP contribution in [0.2, 0.25) is 0 Å². The Morgan fingerprint density at radius 3 is 2.61 bits per heavy atom. The molecule has 4 aromatic rings. The van der Waals surface area contributed by atoms with E-state index in [0.29, 0.717) is 22.7 Å². The number of hydrogen-bond donors (Lipinski definition) is 5. The number of anilines is 2. The van der Waals surface area contributed by atoms with Crippen LogP contribution in [0.15, 0.2) is 49.2 Å². The van der Waals surface area contributed by atoms with E-state index in [-0.39, 0.29) is 13.2 Å². The summed E-state index contributed by atoms with van der Waals surface area (Å²) in [5.41, 5.74) is 3.53. The van der Waals surface area contributed by atoms with Crippen LogP contribution in [-0.4, -0.2) is 63.9 Å². The SMILES string of the molecule is CCn1cc(Nc2ncc3ncn(-c4ccc(C(O)NCC(O)CO)cc4)c3n2)cn1. The third-order valence-corrected chi connectivity index (χ3v) is 4.75. The molecule has 0 amide bonds. The second-order valence-corrected chi connectivity index (χ2v) is 6.97. The lowest BCUT2D eigenvalue weighted by molar-refractivity contribution is 0.0669. The Morgan fingerprint density at radius 1 is 1.10 bits per heavy atom. The van der Waals surface area contributed by atoms with Gasteiger partial charge in [0.15, 0.2) is 5.65 Å². The summed E-state index contributed by atoms with van der Waals surface area (Å²) in [5.74, 6) is 0.434. The number of rotatable bonds is 9. The van der Waals surface area contributed by atoms with Gasteiger partial charge in [-0.2, -0.15) is 10.1 Å². The van der Waals surface area contributed by atoms with Crippen LogP contribution in [0.3, 0.4) is 0 Å². The topological polar surface area (TPSA) is 146 Å². The molecular weight excluding hydrogens is 400 g/mol. The molecule has 0 aliphatic heterocycles. The number of aromatic nitrogens is 6. The Hall–Kier alpha value is -3.38. The van der Waals surface area contributed by atoms with Crippen LogP contribution in [-0.2, 0) is 6.54 Å². The predicted molar refractivity (Wildman–Crippen MR) is 114 cm³/mol. The van der Waals surface area contributed by atoms with Gasteiger partial charge in [-0.3, -0.25) is 14.6 Å². The summed E-state index contributed by atoms with van der Waals surface area (Å²) >= 11 is 0. The van der Waals surface area contributed by atoms with Gasteiger partial charge in [-0.1, -0.05) is 12.1 Å². The smallest absolute Gasteiger partial charge is 0.229 e. The number of aryl methyl sites for hydroxylation is 1. The van der Waals surface area contributed by atoms with Crippen molar-refractivity contribution in [2.75, 3.05) is 18.5 Å². The highest BCUT2D eigenvalue weighted by Crippen LogP contribution is 2.20. The fourth-order valence-corrected chi connectivity index (χ4v) is 3.04. The molecule has 2 unspecified atom stereocenters. The van der Waals surface area contributed by atoms with Gasteiger partial charge in [0.2, 0.25) is 5.95 Å². The molecule has 0 spiro atoms. The van der Waals surface area contributed by atoms with Gasteiger partial charge in [0.25, 0.3) is 0 Å². The lowest BCUT2D eigenvalue weighted by Crippen LogP contribution is -2.32. The van der Waals surface area contributed by atoms with Crippen molar-refractivity contribution in [2.45, 2.75) is 25.8 Å². The average molecular weight is 424 g/mol. The molecule has 0 aliphatic rings. The number of fused-ring (bicyclic) bond motifs is 1. The first-order chi connectivity index (χ1) is 15.1. The Labute approximate surface area is 178 Å². The Kier molecular flexibility index (Phi) is 6.18. The van der Waals surface area contributed by atoms with E-state index in [0.717, 1.165) is 17.9 Å². The van der Waals surface area contributed by atoms with Gasteiger partial charge in [0, 0.05) is 25.0 Å². The number of hydrogen-bond acceptors (Lipinski definition) is 9. The van der Waals surface area contributed by atoms with Gasteiger partial charge in [-0.15, -0.1) is 0 Å². The number of benzene rings is 1. The molecule has 3 aromatic heterocycles. The zero-order valence-corrected chi connectivity index (χ0v) is 16.9. The number of aliphatic hydroxyl groups is 3. The van der Waals surface area contributed by atoms with Crippen molar-refractivity contribution < 1.29 is 15.3 Å². The van der Waals surface area contributed by atoms with Crippen LogP contribution >= 0.6 is 0 Å². The standard InChI is InChI=1S/C20H24N8O3/c1-2-27-10-14(7-24-27)25-20-22-9-17-18(26-20)28(12-23-17)15-5-3-13(4-6-15)19(31)21-8-16(30)11-29/h3-7,9-10,12,16,19,21,29-31H,2,8,11H2,1H3,(H,22,25,26). The van der Waals surface area contributed by atoms with E-state index in [2.05, 4.69) is 30.7 Å². The fourth-order valence-electron chi connectivity index (χ4n) is 3.04. The average Bonchev–Trinajstić information content (AvgIpc) is 3.44. The molecule has 162 valence electrons. The van der Waals surface area contributed by atoms with Crippen LogP contribution < -0.4 is 10.6 Å². The minimum absolute atomic E-state index is 0.0788. The molecule has 31 heavy (non-hydrogen) atoms. The summed E-state index contributed by atoms with van der Waals surface area (Å²) in [7, 11) is 0. The number of imidazole rings is 1. The zero-order chi connectivity index (χ0) is 21.8. The van der Waals surface area contributed by atoms with E-state index in [1.807, 2.05) is 29.8 Å². The van der Waals surface area contributed by atoms with Gasteiger partial charge in [0.05, 0.1) is 30.8 Å². The number of aliphatic hydroxyl groups excluding tert-OH is 3. The van der Waals surface area contributed by atoms with E-state index >= 15 is 0 Å². The van der Waals surface area contributed by atoms with Crippen molar-refractivity contribution in [3.63, 3.8) is 0 Å².